The number of rotatable bonds is 5. The second-order valence-electron chi connectivity index (χ2n) is 7.81. The predicted molar refractivity (Wildman–Crippen MR) is 124 cm³/mol. The minimum atomic E-state index is -0.414. The fraction of sp³-hybridized carbons (Fsp3) is 0.217. The Hall–Kier alpha value is -4.34. The van der Waals surface area contributed by atoms with E-state index >= 15 is 0 Å². The van der Waals surface area contributed by atoms with E-state index in [1.54, 1.807) is 43.2 Å². The summed E-state index contributed by atoms with van der Waals surface area (Å²) >= 11 is 0. The summed E-state index contributed by atoms with van der Waals surface area (Å²) in [5.41, 5.74) is 10.3. The zero-order chi connectivity index (χ0) is 23.7. The molecule has 0 aliphatic rings. The molecule has 10 heteroatoms. The zero-order valence-corrected chi connectivity index (χ0v) is 18.8. The van der Waals surface area contributed by atoms with Crippen LogP contribution in [0.4, 0.5) is 5.82 Å². The maximum atomic E-state index is 13.2. The van der Waals surface area contributed by atoms with Crippen LogP contribution in [0.15, 0.2) is 41.5 Å². The number of hydrogen-bond acceptors (Lipinski definition) is 7. The number of carbonyl (C=O) groups is 1. The molecular formula is C23H24N8O2. The summed E-state index contributed by atoms with van der Waals surface area (Å²) in [6, 6.07) is 7.08. The molecule has 0 saturated carbocycles. The van der Waals surface area contributed by atoms with Gasteiger partial charge < -0.3 is 16.0 Å². The van der Waals surface area contributed by atoms with Crippen LogP contribution in [0, 0.1) is 20.8 Å². The van der Waals surface area contributed by atoms with Gasteiger partial charge >= 0.3 is 0 Å². The van der Waals surface area contributed by atoms with E-state index in [9.17, 15) is 9.59 Å². The highest BCUT2D eigenvalue weighted by atomic mass is 16.2. The molecule has 4 rings (SSSR count). The van der Waals surface area contributed by atoms with Crippen molar-refractivity contribution in [3.63, 3.8) is 0 Å². The van der Waals surface area contributed by atoms with Crippen LogP contribution < -0.4 is 16.6 Å². The molecule has 4 aromatic heterocycles. The lowest BCUT2D eigenvalue weighted by molar-refractivity contribution is 0.0945. The molecule has 0 aliphatic heterocycles. The molecule has 4 heterocycles. The van der Waals surface area contributed by atoms with Crippen LogP contribution in [0.25, 0.3) is 22.8 Å². The minimum absolute atomic E-state index is 0.0729. The van der Waals surface area contributed by atoms with Crippen molar-refractivity contribution in [2.45, 2.75) is 27.3 Å². The Morgan fingerprint density at radius 1 is 1.18 bits per heavy atom. The number of anilines is 1. The molecule has 0 radical (unpaired) electrons. The number of carbonyl (C=O) groups excluding carboxylic acids is 1. The Bertz CT molecular complexity index is 1400. The Morgan fingerprint density at radius 3 is 2.61 bits per heavy atom. The highest BCUT2D eigenvalue weighted by Gasteiger charge is 2.21. The molecule has 1 amide bonds. The molecule has 0 atom stereocenters. The molecule has 168 valence electrons. The first kappa shape index (κ1) is 21.9. The maximum absolute atomic E-state index is 13.2. The van der Waals surface area contributed by atoms with E-state index in [0.29, 0.717) is 34.0 Å². The van der Waals surface area contributed by atoms with Crippen molar-refractivity contribution in [2.24, 2.45) is 7.05 Å². The third kappa shape index (κ3) is 4.36. The van der Waals surface area contributed by atoms with Gasteiger partial charge in [-0.3, -0.25) is 14.3 Å². The molecule has 0 bridgehead atoms. The number of amides is 1. The van der Waals surface area contributed by atoms with Gasteiger partial charge in [-0.05, 0) is 50.6 Å². The van der Waals surface area contributed by atoms with Gasteiger partial charge in [-0.2, -0.15) is 5.10 Å². The molecular weight excluding hydrogens is 420 g/mol. The predicted octanol–water partition coefficient (Wildman–Crippen LogP) is 2.06. The SMILES string of the molecule is Cc1cc(C)c(CNC(=O)c2nc(-c3ccc(N)nc3)nc(-c3ccnn3C)c2C)c(=O)[nH]1. The summed E-state index contributed by atoms with van der Waals surface area (Å²) in [4.78, 5) is 41.6. The number of hydrogen-bond donors (Lipinski definition) is 3. The number of nitrogens with two attached hydrogens (primary N) is 1. The van der Waals surface area contributed by atoms with Gasteiger partial charge in [0.05, 0.1) is 11.4 Å². The van der Waals surface area contributed by atoms with Gasteiger partial charge in [-0.1, -0.05) is 0 Å². The lowest BCUT2D eigenvalue weighted by atomic mass is 10.1. The maximum Gasteiger partial charge on any atom is 0.270 e. The monoisotopic (exact) mass is 444 g/mol. The molecule has 0 aromatic carbocycles. The summed E-state index contributed by atoms with van der Waals surface area (Å²) in [7, 11) is 1.80. The second-order valence-corrected chi connectivity index (χ2v) is 7.81. The van der Waals surface area contributed by atoms with E-state index in [1.165, 1.54) is 0 Å². The van der Waals surface area contributed by atoms with Gasteiger partial charge in [0.25, 0.3) is 11.5 Å². The number of aryl methyl sites for hydroxylation is 3. The fourth-order valence-electron chi connectivity index (χ4n) is 3.61. The number of nitrogens with one attached hydrogen (secondary N) is 2. The first-order valence-electron chi connectivity index (χ1n) is 10.3. The molecule has 0 unspecified atom stereocenters. The smallest absolute Gasteiger partial charge is 0.270 e. The molecule has 4 N–H and O–H groups in total. The standard InChI is InChI=1S/C23H24N8O2/c1-12-9-13(2)28-22(32)16(12)11-26-23(33)20-14(3)19(17-7-8-27-31(17)4)29-21(30-20)15-5-6-18(24)25-10-15/h5-10H,11H2,1-4H3,(H2,24,25)(H,26,33)(H,28,32). The summed E-state index contributed by atoms with van der Waals surface area (Å²) in [5.74, 6) is 0.288. The van der Waals surface area contributed by atoms with E-state index < -0.39 is 5.91 Å². The van der Waals surface area contributed by atoms with Gasteiger partial charge in [0.2, 0.25) is 0 Å². The normalized spacial score (nSPS) is 10.9. The number of nitrogens with zero attached hydrogens (tertiary/aromatic N) is 5. The van der Waals surface area contributed by atoms with E-state index in [-0.39, 0.29) is 17.8 Å². The van der Waals surface area contributed by atoms with Gasteiger partial charge in [-0.25, -0.2) is 15.0 Å². The Morgan fingerprint density at radius 2 is 1.97 bits per heavy atom. The average molecular weight is 444 g/mol. The first-order chi connectivity index (χ1) is 15.7. The Kier molecular flexibility index (Phi) is 5.74. The van der Waals surface area contributed by atoms with Crippen molar-refractivity contribution < 1.29 is 4.79 Å². The molecule has 10 nitrogen and oxygen atoms in total. The van der Waals surface area contributed by atoms with Crippen LogP contribution in [0.5, 0.6) is 0 Å². The topological polar surface area (TPSA) is 144 Å². The summed E-state index contributed by atoms with van der Waals surface area (Å²) in [6.07, 6.45) is 3.22. The number of nitrogen functional groups attached to an aromatic ring is 1. The van der Waals surface area contributed by atoms with Crippen molar-refractivity contribution in [1.29, 1.82) is 0 Å². The van der Waals surface area contributed by atoms with Crippen LogP contribution in [0.1, 0.15) is 32.9 Å². The summed E-state index contributed by atoms with van der Waals surface area (Å²) in [5, 5.41) is 7.04. The van der Waals surface area contributed by atoms with E-state index in [1.807, 2.05) is 26.0 Å². The Labute approximate surface area is 189 Å². The highest BCUT2D eigenvalue weighted by molar-refractivity contribution is 5.95. The lowest BCUT2D eigenvalue weighted by Crippen LogP contribution is -2.29. The molecule has 33 heavy (non-hydrogen) atoms. The molecule has 0 aliphatic carbocycles. The zero-order valence-electron chi connectivity index (χ0n) is 18.8. The van der Waals surface area contributed by atoms with E-state index in [2.05, 4.69) is 30.4 Å². The van der Waals surface area contributed by atoms with Crippen molar-refractivity contribution >= 4 is 11.7 Å². The second kappa shape index (κ2) is 8.65. The van der Waals surface area contributed by atoms with Gasteiger partial charge in [0, 0.05) is 48.4 Å². The van der Waals surface area contributed by atoms with E-state index in [0.717, 1.165) is 17.0 Å². The summed E-state index contributed by atoms with van der Waals surface area (Å²) in [6.45, 7) is 5.51. The van der Waals surface area contributed by atoms with Crippen molar-refractivity contribution in [3.8, 4) is 22.8 Å². The molecule has 0 fully saturated rings. The fourth-order valence-corrected chi connectivity index (χ4v) is 3.61. The third-order valence-electron chi connectivity index (χ3n) is 5.39. The lowest BCUT2D eigenvalue weighted by Gasteiger charge is -2.14. The first-order valence-corrected chi connectivity index (χ1v) is 10.3. The van der Waals surface area contributed by atoms with Crippen molar-refractivity contribution in [1.82, 2.24) is 35.0 Å². The van der Waals surface area contributed by atoms with Crippen molar-refractivity contribution in [2.75, 3.05) is 5.73 Å². The van der Waals surface area contributed by atoms with Crippen molar-refractivity contribution in [3.05, 3.63) is 75.1 Å². The quantitative estimate of drug-likeness (QED) is 0.427. The van der Waals surface area contributed by atoms with Gasteiger partial charge in [0.15, 0.2) is 5.82 Å². The molecule has 4 aromatic rings. The van der Waals surface area contributed by atoms with Crippen LogP contribution in [-0.2, 0) is 13.6 Å². The minimum Gasteiger partial charge on any atom is -0.384 e. The van der Waals surface area contributed by atoms with Crippen LogP contribution in [0.2, 0.25) is 0 Å². The number of aromatic nitrogens is 6. The third-order valence-corrected chi connectivity index (χ3v) is 5.39. The van der Waals surface area contributed by atoms with Gasteiger partial charge in [-0.15, -0.1) is 0 Å². The van der Waals surface area contributed by atoms with Crippen LogP contribution >= 0.6 is 0 Å². The number of pyridine rings is 2. The largest absolute Gasteiger partial charge is 0.384 e. The number of aromatic amines is 1. The van der Waals surface area contributed by atoms with Gasteiger partial charge in [0.1, 0.15) is 11.5 Å². The highest BCUT2D eigenvalue weighted by Crippen LogP contribution is 2.26. The van der Waals surface area contributed by atoms with Crippen LogP contribution in [-0.4, -0.2) is 35.6 Å². The molecule has 0 saturated heterocycles. The average Bonchev–Trinajstić information content (AvgIpc) is 3.19. The molecule has 0 spiro atoms. The number of H-pyrrole nitrogens is 1. The summed E-state index contributed by atoms with van der Waals surface area (Å²) < 4.78 is 1.68. The van der Waals surface area contributed by atoms with Crippen LogP contribution in [0.3, 0.4) is 0 Å². The Balaban J connectivity index is 1.76. The van der Waals surface area contributed by atoms with E-state index in [4.69, 9.17) is 5.73 Å².